The third-order valence-corrected chi connectivity index (χ3v) is 3.94. The van der Waals surface area contributed by atoms with Gasteiger partial charge in [0.15, 0.2) is 31.9 Å². The summed E-state index contributed by atoms with van der Waals surface area (Å²) in [5.41, 5.74) is 0.571. The van der Waals surface area contributed by atoms with E-state index in [-0.39, 0.29) is 21.7 Å². The molecule has 2 aromatic heterocycles. The summed E-state index contributed by atoms with van der Waals surface area (Å²) in [5, 5.41) is 14.9. The highest BCUT2D eigenvalue weighted by Gasteiger charge is 2.09. The van der Waals surface area contributed by atoms with Gasteiger partial charge in [0, 0.05) is 12.4 Å². The molecule has 23 heavy (non-hydrogen) atoms. The van der Waals surface area contributed by atoms with Gasteiger partial charge in [-0.1, -0.05) is 23.2 Å². The minimum Gasteiger partial charge on any atom is -0.242 e. The highest BCUT2D eigenvalue weighted by Crippen LogP contribution is 2.22. The average Bonchev–Trinajstić information content (AvgIpc) is 2.51. The van der Waals surface area contributed by atoms with Crippen molar-refractivity contribution >= 4 is 44.4 Å². The van der Waals surface area contributed by atoms with Crippen LogP contribution in [0.2, 0.25) is 10.3 Å². The molecule has 120 valence electrons. The Morgan fingerprint density at radius 1 is 0.870 bits per heavy atom. The Hall–Kier alpha value is -1.97. The molecule has 2 aromatic rings. The molecule has 0 N–H and O–H groups in total. The summed E-state index contributed by atoms with van der Waals surface area (Å²) in [6.45, 7) is 0. The van der Waals surface area contributed by atoms with Gasteiger partial charge in [0.05, 0.1) is 0 Å². The second-order valence-corrected chi connectivity index (χ2v) is 6.83. The van der Waals surface area contributed by atoms with Gasteiger partial charge in [-0.25, -0.2) is 18.4 Å². The maximum absolute atomic E-state index is 11.8. The lowest BCUT2D eigenvalue weighted by atomic mass is 10.4. The third kappa shape index (κ3) is 5.62. The standard InChI is InChI=1S/C12H10Cl2N6O2S/c13-11-9(3-1-5-15-11)19-17-7-23(21,22)8-18-20-10-4-2-6-16-12(10)14/h1-6H,7-8H2. The Kier molecular flexibility index (Phi) is 6.08. The summed E-state index contributed by atoms with van der Waals surface area (Å²) >= 11 is 11.5. The van der Waals surface area contributed by atoms with Crippen LogP contribution < -0.4 is 0 Å². The lowest BCUT2D eigenvalue weighted by Crippen LogP contribution is -2.06. The van der Waals surface area contributed by atoms with Crippen LogP contribution in [0.15, 0.2) is 57.1 Å². The van der Waals surface area contributed by atoms with Crippen LogP contribution in [0.5, 0.6) is 0 Å². The number of nitrogens with zero attached hydrogens (tertiary/aromatic N) is 6. The minimum absolute atomic E-state index is 0.138. The smallest absolute Gasteiger partial charge is 0.194 e. The minimum atomic E-state index is -3.60. The molecule has 2 heterocycles. The predicted octanol–water partition coefficient (Wildman–Crippen LogP) is 3.98. The van der Waals surface area contributed by atoms with Crippen molar-refractivity contribution in [3.8, 4) is 0 Å². The molecule has 0 saturated heterocycles. The van der Waals surface area contributed by atoms with E-state index in [9.17, 15) is 8.42 Å². The largest absolute Gasteiger partial charge is 0.242 e. The van der Waals surface area contributed by atoms with E-state index in [1.54, 1.807) is 24.3 Å². The van der Waals surface area contributed by atoms with E-state index in [2.05, 4.69) is 30.4 Å². The monoisotopic (exact) mass is 372 g/mol. The first kappa shape index (κ1) is 17.4. The van der Waals surface area contributed by atoms with E-state index in [1.807, 2.05) is 0 Å². The van der Waals surface area contributed by atoms with E-state index in [4.69, 9.17) is 23.2 Å². The Balaban J connectivity index is 1.95. The zero-order valence-electron chi connectivity index (χ0n) is 11.5. The highest BCUT2D eigenvalue weighted by atomic mass is 35.5. The van der Waals surface area contributed by atoms with Crippen LogP contribution in [0.4, 0.5) is 11.4 Å². The van der Waals surface area contributed by atoms with Gasteiger partial charge < -0.3 is 0 Å². The number of sulfone groups is 1. The normalized spacial score (nSPS) is 12.3. The first-order valence-electron chi connectivity index (χ1n) is 6.14. The summed E-state index contributed by atoms with van der Waals surface area (Å²) in [5.74, 6) is -1.09. The van der Waals surface area contributed by atoms with Gasteiger partial charge in [0.1, 0.15) is 11.4 Å². The Labute approximate surface area is 142 Å². The van der Waals surface area contributed by atoms with Crippen molar-refractivity contribution in [1.29, 1.82) is 0 Å². The van der Waals surface area contributed by atoms with Crippen LogP contribution in [0, 0.1) is 0 Å². The molecule has 0 aliphatic carbocycles. The maximum Gasteiger partial charge on any atom is 0.194 e. The first-order valence-corrected chi connectivity index (χ1v) is 8.72. The molecule has 0 aromatic carbocycles. The molecule has 0 unspecified atom stereocenters. The van der Waals surface area contributed by atoms with Crippen molar-refractivity contribution in [2.24, 2.45) is 20.5 Å². The molecule has 0 radical (unpaired) electrons. The number of rotatable bonds is 6. The molecule has 0 aliphatic rings. The molecule has 0 amide bonds. The maximum atomic E-state index is 11.8. The fraction of sp³-hybridized carbons (Fsp3) is 0.167. The van der Waals surface area contributed by atoms with Gasteiger partial charge in [0.25, 0.3) is 0 Å². The van der Waals surface area contributed by atoms with E-state index in [1.165, 1.54) is 12.4 Å². The summed E-state index contributed by atoms with van der Waals surface area (Å²) in [7, 11) is -3.60. The lowest BCUT2D eigenvalue weighted by Gasteiger charge is -1.97. The van der Waals surface area contributed by atoms with Gasteiger partial charge in [-0.05, 0) is 24.3 Å². The van der Waals surface area contributed by atoms with E-state index >= 15 is 0 Å². The van der Waals surface area contributed by atoms with Crippen LogP contribution in [0.3, 0.4) is 0 Å². The molecule has 0 aliphatic heterocycles. The molecule has 8 nitrogen and oxygen atoms in total. The number of hydrogen-bond donors (Lipinski definition) is 0. The van der Waals surface area contributed by atoms with Gasteiger partial charge in [-0.15, -0.1) is 0 Å². The van der Waals surface area contributed by atoms with Crippen molar-refractivity contribution in [3.63, 3.8) is 0 Å². The van der Waals surface area contributed by atoms with Gasteiger partial charge in [-0.2, -0.15) is 20.5 Å². The number of halogens is 2. The van der Waals surface area contributed by atoms with E-state index in [0.717, 1.165) is 0 Å². The van der Waals surface area contributed by atoms with Crippen molar-refractivity contribution in [1.82, 2.24) is 9.97 Å². The summed E-state index contributed by atoms with van der Waals surface area (Å²) in [6.07, 6.45) is 2.98. The van der Waals surface area contributed by atoms with E-state index < -0.39 is 21.6 Å². The Bertz CT molecular complexity index is 777. The molecule has 0 spiro atoms. The molecule has 0 bridgehead atoms. The van der Waals surface area contributed by atoms with Crippen LogP contribution >= 0.6 is 23.2 Å². The molecule has 0 fully saturated rings. The fourth-order valence-corrected chi connectivity index (χ4v) is 2.19. The topological polar surface area (TPSA) is 109 Å². The van der Waals surface area contributed by atoms with Crippen LogP contribution in [-0.2, 0) is 9.84 Å². The summed E-state index contributed by atoms with van der Waals surface area (Å²) < 4.78 is 23.6. The van der Waals surface area contributed by atoms with Crippen molar-refractivity contribution in [3.05, 3.63) is 47.0 Å². The average molecular weight is 373 g/mol. The van der Waals surface area contributed by atoms with Crippen molar-refractivity contribution < 1.29 is 8.42 Å². The fourth-order valence-electron chi connectivity index (χ4n) is 1.33. The molecule has 2 rings (SSSR count). The SMILES string of the molecule is O=S(=O)(CN=Nc1cccnc1Cl)CN=Nc1cccnc1Cl. The molecule has 0 saturated carbocycles. The predicted molar refractivity (Wildman–Crippen MR) is 86.2 cm³/mol. The quantitative estimate of drug-likeness (QED) is 0.563. The van der Waals surface area contributed by atoms with Crippen LogP contribution in [0.1, 0.15) is 0 Å². The lowest BCUT2D eigenvalue weighted by molar-refractivity contribution is 0.595. The first-order chi connectivity index (χ1) is 11.0. The second kappa shape index (κ2) is 8.04. The molecule has 0 atom stereocenters. The summed E-state index contributed by atoms with van der Waals surface area (Å²) in [4.78, 5) is 7.59. The van der Waals surface area contributed by atoms with Crippen molar-refractivity contribution in [2.75, 3.05) is 11.8 Å². The second-order valence-electron chi connectivity index (χ2n) is 4.11. The van der Waals surface area contributed by atoms with Gasteiger partial charge in [0.2, 0.25) is 0 Å². The Morgan fingerprint density at radius 3 is 1.70 bits per heavy atom. The Morgan fingerprint density at radius 2 is 1.30 bits per heavy atom. The van der Waals surface area contributed by atoms with Gasteiger partial charge >= 0.3 is 0 Å². The zero-order chi connectivity index (χ0) is 16.7. The number of aromatic nitrogens is 2. The number of hydrogen-bond acceptors (Lipinski definition) is 8. The molecular weight excluding hydrogens is 363 g/mol. The van der Waals surface area contributed by atoms with Crippen molar-refractivity contribution in [2.45, 2.75) is 0 Å². The molecule has 11 heteroatoms. The number of pyridine rings is 2. The van der Waals surface area contributed by atoms with Gasteiger partial charge in [-0.3, -0.25) is 0 Å². The molecular formula is C12H10Cl2N6O2S. The van der Waals surface area contributed by atoms with Crippen LogP contribution in [0.25, 0.3) is 0 Å². The van der Waals surface area contributed by atoms with Crippen LogP contribution in [-0.4, -0.2) is 30.1 Å². The number of azo groups is 2. The third-order valence-electron chi connectivity index (χ3n) is 2.34. The zero-order valence-corrected chi connectivity index (χ0v) is 13.9. The highest BCUT2D eigenvalue weighted by molar-refractivity contribution is 7.91. The summed E-state index contributed by atoms with van der Waals surface area (Å²) in [6, 6.07) is 6.35. The van der Waals surface area contributed by atoms with E-state index in [0.29, 0.717) is 0 Å².